The predicted molar refractivity (Wildman–Crippen MR) is 76.1 cm³/mol. The first-order valence-electron chi connectivity index (χ1n) is 5.94. The second-order valence-electron chi connectivity index (χ2n) is 3.93. The quantitative estimate of drug-likeness (QED) is 0.657. The van der Waals surface area contributed by atoms with Crippen LogP contribution in [0.15, 0.2) is 46.9 Å². The van der Waals surface area contributed by atoms with Gasteiger partial charge in [-0.15, -0.1) is 11.3 Å². The molecule has 2 rings (SSSR count). The number of hydrogen-bond acceptors (Lipinski definition) is 4. The van der Waals surface area contributed by atoms with Crippen molar-refractivity contribution in [3.63, 3.8) is 0 Å². The number of oxime groups is 1. The maximum Gasteiger partial charge on any atom is 0.261 e. The van der Waals surface area contributed by atoms with Gasteiger partial charge in [0.1, 0.15) is 5.82 Å². The van der Waals surface area contributed by atoms with Crippen LogP contribution >= 0.6 is 11.3 Å². The van der Waals surface area contributed by atoms with Crippen LogP contribution in [0.25, 0.3) is 0 Å². The highest BCUT2D eigenvalue weighted by Gasteiger charge is 2.01. The molecule has 104 valence electrons. The van der Waals surface area contributed by atoms with Gasteiger partial charge in [-0.1, -0.05) is 23.4 Å². The molecule has 20 heavy (non-hydrogen) atoms. The van der Waals surface area contributed by atoms with Gasteiger partial charge in [0.25, 0.3) is 5.91 Å². The molecule has 1 amide bonds. The highest BCUT2D eigenvalue weighted by molar-refractivity contribution is 7.11. The Kier molecular flexibility index (Phi) is 5.25. The highest BCUT2D eigenvalue weighted by atomic mass is 32.1. The van der Waals surface area contributed by atoms with E-state index in [2.05, 4.69) is 10.5 Å². The van der Waals surface area contributed by atoms with Crippen LogP contribution in [0.2, 0.25) is 0 Å². The Balaban J connectivity index is 1.66. The van der Waals surface area contributed by atoms with Crippen LogP contribution in [0.4, 0.5) is 4.39 Å². The van der Waals surface area contributed by atoms with E-state index in [4.69, 9.17) is 4.84 Å². The third kappa shape index (κ3) is 4.81. The monoisotopic (exact) mass is 292 g/mol. The van der Waals surface area contributed by atoms with Gasteiger partial charge in [-0.25, -0.2) is 4.39 Å². The Morgan fingerprint density at radius 3 is 2.85 bits per heavy atom. The van der Waals surface area contributed by atoms with Crippen molar-refractivity contribution in [1.82, 2.24) is 5.32 Å². The lowest BCUT2D eigenvalue weighted by Crippen LogP contribution is -2.26. The van der Waals surface area contributed by atoms with Gasteiger partial charge in [0.15, 0.2) is 6.61 Å². The van der Waals surface area contributed by atoms with E-state index in [0.717, 1.165) is 10.4 Å². The lowest BCUT2D eigenvalue weighted by molar-refractivity contribution is -0.125. The smallest absolute Gasteiger partial charge is 0.261 e. The summed E-state index contributed by atoms with van der Waals surface area (Å²) in [6.07, 6.45) is 1.55. The molecule has 2 aromatic rings. The predicted octanol–water partition coefficient (Wildman–Crippen LogP) is 2.55. The molecule has 0 aliphatic carbocycles. The number of carbonyl (C=O) groups excluding carboxylic acids is 1. The van der Waals surface area contributed by atoms with E-state index in [1.807, 2.05) is 17.5 Å². The van der Waals surface area contributed by atoms with Gasteiger partial charge < -0.3 is 10.2 Å². The summed E-state index contributed by atoms with van der Waals surface area (Å²) in [5, 5.41) is 8.28. The maximum absolute atomic E-state index is 12.7. The second kappa shape index (κ2) is 7.40. The number of carbonyl (C=O) groups is 1. The molecule has 4 nitrogen and oxygen atoms in total. The SMILES string of the molecule is O=C(CO/N=C/c1cccs1)NCc1ccc(F)cc1. The van der Waals surface area contributed by atoms with Gasteiger partial charge in [0, 0.05) is 11.4 Å². The van der Waals surface area contributed by atoms with Crippen molar-refractivity contribution in [2.45, 2.75) is 6.54 Å². The highest BCUT2D eigenvalue weighted by Crippen LogP contribution is 2.04. The minimum absolute atomic E-state index is 0.150. The third-order valence-electron chi connectivity index (χ3n) is 2.40. The molecule has 0 fully saturated rings. The fourth-order valence-corrected chi connectivity index (χ4v) is 1.98. The van der Waals surface area contributed by atoms with Crippen LogP contribution in [0.3, 0.4) is 0 Å². The number of halogens is 1. The molecule has 0 bridgehead atoms. The number of benzene rings is 1. The fourth-order valence-electron chi connectivity index (χ4n) is 1.40. The summed E-state index contributed by atoms with van der Waals surface area (Å²) in [7, 11) is 0. The van der Waals surface area contributed by atoms with Gasteiger partial charge in [0.2, 0.25) is 0 Å². The number of rotatable bonds is 6. The van der Waals surface area contributed by atoms with E-state index in [0.29, 0.717) is 6.54 Å². The van der Waals surface area contributed by atoms with Crippen LogP contribution in [0.1, 0.15) is 10.4 Å². The molecule has 0 radical (unpaired) electrons. The zero-order valence-corrected chi connectivity index (χ0v) is 11.4. The lowest BCUT2D eigenvalue weighted by Gasteiger charge is -2.04. The van der Waals surface area contributed by atoms with E-state index >= 15 is 0 Å². The molecule has 6 heteroatoms. The molecule has 1 aromatic carbocycles. The number of amides is 1. The average Bonchev–Trinajstić information content (AvgIpc) is 2.96. The molecule has 1 N–H and O–H groups in total. The van der Waals surface area contributed by atoms with Crippen LogP contribution in [0.5, 0.6) is 0 Å². The summed E-state index contributed by atoms with van der Waals surface area (Å²) in [5.41, 5.74) is 0.821. The zero-order valence-electron chi connectivity index (χ0n) is 10.6. The molecular weight excluding hydrogens is 279 g/mol. The number of nitrogens with zero attached hydrogens (tertiary/aromatic N) is 1. The summed E-state index contributed by atoms with van der Waals surface area (Å²) in [6.45, 7) is 0.181. The molecule has 0 unspecified atom stereocenters. The van der Waals surface area contributed by atoms with E-state index < -0.39 is 0 Å². The van der Waals surface area contributed by atoms with Gasteiger partial charge in [-0.3, -0.25) is 4.79 Å². The van der Waals surface area contributed by atoms with Crippen molar-refractivity contribution in [1.29, 1.82) is 0 Å². The molecule has 1 aromatic heterocycles. The lowest BCUT2D eigenvalue weighted by atomic mass is 10.2. The van der Waals surface area contributed by atoms with Crippen LogP contribution in [-0.4, -0.2) is 18.7 Å². The maximum atomic E-state index is 12.7. The normalized spacial score (nSPS) is 10.7. The van der Waals surface area contributed by atoms with Crippen molar-refractivity contribution < 1.29 is 14.0 Å². The third-order valence-corrected chi connectivity index (χ3v) is 3.20. The molecule has 0 saturated heterocycles. The summed E-state index contributed by atoms with van der Waals surface area (Å²) in [4.78, 5) is 17.3. The first-order valence-corrected chi connectivity index (χ1v) is 6.82. The Morgan fingerprint density at radius 1 is 1.35 bits per heavy atom. The molecule has 0 atom stereocenters. The Morgan fingerprint density at radius 2 is 2.15 bits per heavy atom. The van der Waals surface area contributed by atoms with E-state index in [-0.39, 0.29) is 18.3 Å². The van der Waals surface area contributed by atoms with Crippen LogP contribution in [-0.2, 0) is 16.2 Å². The molecule has 0 saturated carbocycles. The van der Waals surface area contributed by atoms with Gasteiger partial charge >= 0.3 is 0 Å². The van der Waals surface area contributed by atoms with Crippen molar-refractivity contribution in [3.8, 4) is 0 Å². The van der Waals surface area contributed by atoms with Crippen molar-refractivity contribution in [2.75, 3.05) is 6.61 Å². The topological polar surface area (TPSA) is 50.7 Å². The number of nitrogens with one attached hydrogen (secondary N) is 1. The van der Waals surface area contributed by atoms with Crippen molar-refractivity contribution >= 4 is 23.5 Å². The molecule has 0 aliphatic rings. The summed E-state index contributed by atoms with van der Waals surface area (Å²) < 4.78 is 12.7. The van der Waals surface area contributed by atoms with Crippen LogP contribution in [0, 0.1) is 5.82 Å². The Bertz CT molecular complexity index is 567. The fraction of sp³-hybridized carbons (Fsp3) is 0.143. The molecule has 0 aliphatic heterocycles. The first kappa shape index (κ1) is 14.2. The molecule has 1 heterocycles. The Labute approximate surface area is 119 Å². The van der Waals surface area contributed by atoms with Crippen molar-refractivity contribution in [3.05, 3.63) is 58.0 Å². The van der Waals surface area contributed by atoms with Gasteiger partial charge in [0.05, 0.1) is 6.21 Å². The summed E-state index contributed by atoms with van der Waals surface area (Å²) >= 11 is 1.53. The standard InChI is InChI=1S/C14H13FN2O2S/c15-12-5-3-11(4-6-12)8-16-14(18)10-19-17-9-13-2-1-7-20-13/h1-7,9H,8,10H2,(H,16,18)/b17-9+. The van der Waals surface area contributed by atoms with Gasteiger partial charge in [-0.2, -0.15) is 0 Å². The first-order chi connectivity index (χ1) is 9.74. The minimum atomic E-state index is -0.300. The molecule has 0 spiro atoms. The zero-order chi connectivity index (χ0) is 14.2. The Hall–Kier alpha value is -2.21. The van der Waals surface area contributed by atoms with E-state index in [1.54, 1.807) is 18.3 Å². The average molecular weight is 292 g/mol. The van der Waals surface area contributed by atoms with E-state index in [1.165, 1.54) is 23.5 Å². The van der Waals surface area contributed by atoms with Crippen molar-refractivity contribution in [2.24, 2.45) is 5.16 Å². The minimum Gasteiger partial charge on any atom is -0.386 e. The number of thiophene rings is 1. The summed E-state index contributed by atoms with van der Waals surface area (Å²) in [5.74, 6) is -0.580. The number of hydrogen-bond donors (Lipinski definition) is 1. The van der Waals surface area contributed by atoms with Crippen LogP contribution < -0.4 is 5.32 Å². The second-order valence-corrected chi connectivity index (χ2v) is 4.91. The largest absolute Gasteiger partial charge is 0.386 e. The molecular formula is C14H13FN2O2S. The van der Waals surface area contributed by atoms with Gasteiger partial charge in [-0.05, 0) is 29.1 Å². The van der Waals surface area contributed by atoms with E-state index in [9.17, 15) is 9.18 Å². The summed E-state index contributed by atoms with van der Waals surface area (Å²) in [6, 6.07) is 9.73.